The maximum Gasteiger partial charge on any atom is 0.341 e. The summed E-state index contributed by atoms with van der Waals surface area (Å²) in [4.78, 5) is 25.1. The van der Waals surface area contributed by atoms with E-state index < -0.39 is 16.0 Å². The van der Waals surface area contributed by atoms with Gasteiger partial charge in [0.15, 0.2) is 0 Å². The van der Waals surface area contributed by atoms with E-state index in [1.54, 1.807) is 32.4 Å². The van der Waals surface area contributed by atoms with Crippen LogP contribution in [0, 0.1) is 19.8 Å². The number of benzene rings is 1. The first kappa shape index (κ1) is 24.0. The molecule has 0 radical (unpaired) electrons. The van der Waals surface area contributed by atoms with E-state index in [0.717, 1.165) is 5.56 Å². The van der Waals surface area contributed by atoms with Crippen molar-refractivity contribution < 1.29 is 22.7 Å². The zero-order chi connectivity index (χ0) is 23.5. The molecule has 0 unspecified atom stereocenters. The third-order valence-corrected chi connectivity index (χ3v) is 8.20. The van der Waals surface area contributed by atoms with Crippen molar-refractivity contribution in [3.8, 4) is 0 Å². The highest BCUT2D eigenvalue weighted by Gasteiger charge is 2.38. The van der Waals surface area contributed by atoms with Gasteiger partial charge in [-0.1, -0.05) is 30.3 Å². The zero-order valence-corrected chi connectivity index (χ0v) is 19.9. The van der Waals surface area contributed by atoms with Gasteiger partial charge >= 0.3 is 5.97 Å². The van der Waals surface area contributed by atoms with Gasteiger partial charge < -0.3 is 14.6 Å². The number of nitrogens with zero attached hydrogens (tertiary/aromatic N) is 2. The summed E-state index contributed by atoms with van der Waals surface area (Å²) >= 11 is 0. The number of aromatic nitrogens is 1. The fourth-order valence-corrected chi connectivity index (χ4v) is 6.04. The lowest BCUT2D eigenvalue weighted by atomic mass is 9.97. The number of sulfonamides is 1. The quantitative estimate of drug-likeness (QED) is 0.639. The molecule has 0 bridgehead atoms. The molecule has 1 N–H and O–H groups in total. The molecule has 1 saturated heterocycles. The average Bonchev–Trinajstić information content (AvgIpc) is 3.03. The molecule has 0 atom stereocenters. The normalized spacial score (nSPS) is 15.5. The summed E-state index contributed by atoms with van der Waals surface area (Å²) in [5, 5.41) is 2.94. The first-order chi connectivity index (χ1) is 15.2. The topological polar surface area (TPSA) is 97.7 Å². The van der Waals surface area contributed by atoms with Crippen molar-refractivity contribution in [2.75, 3.05) is 19.7 Å². The van der Waals surface area contributed by atoms with Crippen LogP contribution in [0.15, 0.2) is 35.2 Å². The van der Waals surface area contributed by atoms with Crippen LogP contribution < -0.4 is 5.32 Å². The Hall–Kier alpha value is -2.65. The van der Waals surface area contributed by atoms with Crippen LogP contribution in [0.4, 0.5) is 0 Å². The molecule has 2 heterocycles. The second-order valence-electron chi connectivity index (χ2n) is 8.04. The molecule has 0 aliphatic carbocycles. The van der Waals surface area contributed by atoms with Gasteiger partial charge in [0.2, 0.25) is 15.9 Å². The van der Waals surface area contributed by atoms with Crippen molar-refractivity contribution in [1.82, 2.24) is 14.2 Å². The third kappa shape index (κ3) is 4.73. The van der Waals surface area contributed by atoms with Gasteiger partial charge in [0, 0.05) is 44.0 Å². The Morgan fingerprint density at radius 2 is 1.72 bits per heavy atom. The van der Waals surface area contributed by atoms with Crippen LogP contribution in [0.3, 0.4) is 0 Å². The van der Waals surface area contributed by atoms with Crippen molar-refractivity contribution in [2.45, 2.75) is 45.1 Å². The van der Waals surface area contributed by atoms with Gasteiger partial charge in [-0.25, -0.2) is 13.2 Å². The molecule has 8 nitrogen and oxygen atoms in total. The summed E-state index contributed by atoms with van der Waals surface area (Å²) in [5.74, 6) is -0.944. The number of rotatable bonds is 7. The number of hydrogen-bond donors (Lipinski definition) is 1. The van der Waals surface area contributed by atoms with E-state index >= 15 is 0 Å². The summed E-state index contributed by atoms with van der Waals surface area (Å²) in [6.07, 6.45) is 0.860. The molecule has 32 heavy (non-hydrogen) atoms. The average molecular weight is 462 g/mol. The molecular formula is C23H31N3O5S. The lowest BCUT2D eigenvalue weighted by Crippen LogP contribution is -2.43. The Kier molecular flexibility index (Phi) is 7.40. The number of amides is 1. The molecule has 2 aromatic rings. The molecule has 1 aromatic heterocycles. The van der Waals surface area contributed by atoms with Gasteiger partial charge in [0.25, 0.3) is 0 Å². The number of piperidine rings is 1. The highest BCUT2D eigenvalue weighted by Crippen LogP contribution is 2.32. The van der Waals surface area contributed by atoms with Crippen molar-refractivity contribution in [2.24, 2.45) is 13.0 Å². The van der Waals surface area contributed by atoms with Gasteiger partial charge in [-0.3, -0.25) is 4.79 Å². The second-order valence-corrected chi connectivity index (χ2v) is 9.91. The van der Waals surface area contributed by atoms with E-state index in [9.17, 15) is 18.0 Å². The van der Waals surface area contributed by atoms with Gasteiger partial charge in [-0.2, -0.15) is 4.31 Å². The number of nitrogens with one attached hydrogen (secondary N) is 1. The van der Waals surface area contributed by atoms with E-state index in [1.165, 1.54) is 4.31 Å². The number of carbonyl (C=O) groups excluding carboxylic acids is 2. The molecular weight excluding hydrogens is 430 g/mol. The smallest absolute Gasteiger partial charge is 0.341 e. The van der Waals surface area contributed by atoms with Gasteiger partial charge in [-0.05, 0) is 39.2 Å². The molecule has 0 saturated carbocycles. The molecule has 1 fully saturated rings. The summed E-state index contributed by atoms with van der Waals surface area (Å²) in [6, 6.07) is 9.65. The SMILES string of the molecule is CCOC(=O)c1c(S(=O)(=O)N2CCC(C(=O)NCc3ccccc3)CC2)c(C)n(C)c1C. The van der Waals surface area contributed by atoms with Crippen molar-refractivity contribution in [3.05, 3.63) is 52.8 Å². The van der Waals surface area contributed by atoms with E-state index in [-0.39, 0.29) is 42.0 Å². The molecule has 0 spiro atoms. The lowest BCUT2D eigenvalue weighted by Gasteiger charge is -2.30. The fraction of sp³-hybridized carbons (Fsp3) is 0.478. The van der Waals surface area contributed by atoms with Gasteiger partial charge in [0.1, 0.15) is 10.5 Å². The van der Waals surface area contributed by atoms with Crippen LogP contribution in [0.2, 0.25) is 0 Å². The van der Waals surface area contributed by atoms with Gasteiger partial charge in [0.05, 0.1) is 6.61 Å². The first-order valence-corrected chi connectivity index (χ1v) is 12.3. The lowest BCUT2D eigenvalue weighted by molar-refractivity contribution is -0.126. The Morgan fingerprint density at radius 1 is 1.09 bits per heavy atom. The minimum atomic E-state index is -3.91. The summed E-state index contributed by atoms with van der Waals surface area (Å²) in [7, 11) is -2.18. The Balaban J connectivity index is 1.72. The molecule has 1 aromatic carbocycles. The number of carbonyl (C=O) groups is 2. The van der Waals surface area contributed by atoms with Crippen LogP contribution in [0.5, 0.6) is 0 Å². The monoisotopic (exact) mass is 461 g/mol. The van der Waals surface area contributed by atoms with Crippen molar-refractivity contribution in [3.63, 3.8) is 0 Å². The molecule has 1 aliphatic rings. The van der Waals surface area contributed by atoms with Crippen LogP contribution in [0.25, 0.3) is 0 Å². The Labute approximate surface area is 189 Å². The molecule has 1 aliphatic heterocycles. The maximum absolute atomic E-state index is 13.5. The van der Waals surface area contributed by atoms with Crippen molar-refractivity contribution in [1.29, 1.82) is 0 Å². The van der Waals surface area contributed by atoms with Crippen LogP contribution in [-0.4, -0.2) is 48.9 Å². The zero-order valence-electron chi connectivity index (χ0n) is 19.1. The summed E-state index contributed by atoms with van der Waals surface area (Å²) < 4.78 is 35.2. The highest BCUT2D eigenvalue weighted by atomic mass is 32.2. The predicted octanol–water partition coefficient (Wildman–Crippen LogP) is 2.54. The van der Waals surface area contributed by atoms with E-state index in [1.807, 2.05) is 30.3 Å². The van der Waals surface area contributed by atoms with E-state index in [2.05, 4.69) is 5.32 Å². The first-order valence-electron chi connectivity index (χ1n) is 10.8. The summed E-state index contributed by atoms with van der Waals surface area (Å²) in [6.45, 7) is 6.14. The van der Waals surface area contributed by atoms with Gasteiger partial charge in [-0.15, -0.1) is 0 Å². The highest BCUT2D eigenvalue weighted by molar-refractivity contribution is 7.89. The van der Waals surface area contributed by atoms with Crippen LogP contribution in [-0.2, 0) is 33.1 Å². The minimum absolute atomic E-state index is 0.00271. The number of ether oxygens (including phenoxy) is 1. The largest absolute Gasteiger partial charge is 0.462 e. The number of hydrogen-bond acceptors (Lipinski definition) is 5. The van der Waals surface area contributed by atoms with Crippen LogP contribution in [0.1, 0.15) is 47.1 Å². The maximum atomic E-state index is 13.5. The van der Waals surface area contributed by atoms with Crippen molar-refractivity contribution >= 4 is 21.9 Å². The fourth-order valence-electron chi connectivity index (χ4n) is 4.09. The predicted molar refractivity (Wildman–Crippen MR) is 121 cm³/mol. The molecule has 3 rings (SSSR count). The minimum Gasteiger partial charge on any atom is -0.462 e. The summed E-state index contributed by atoms with van der Waals surface area (Å²) in [5.41, 5.74) is 2.15. The molecule has 9 heteroatoms. The Morgan fingerprint density at radius 3 is 2.31 bits per heavy atom. The standard InChI is InChI=1S/C23H31N3O5S/c1-5-31-23(28)20-16(2)25(4)17(3)21(20)32(29,30)26-13-11-19(12-14-26)22(27)24-15-18-9-7-6-8-10-18/h6-10,19H,5,11-15H2,1-4H3,(H,24,27). The van der Waals surface area contributed by atoms with E-state index in [0.29, 0.717) is 30.8 Å². The molecule has 174 valence electrons. The third-order valence-electron chi connectivity index (χ3n) is 6.14. The number of esters is 1. The Bertz CT molecular complexity index is 1080. The second kappa shape index (κ2) is 9.87. The van der Waals surface area contributed by atoms with Crippen LogP contribution >= 0.6 is 0 Å². The van der Waals surface area contributed by atoms with E-state index in [4.69, 9.17) is 4.74 Å². The molecule has 1 amide bonds.